The van der Waals surface area contributed by atoms with Crippen molar-refractivity contribution in [2.45, 2.75) is 32.1 Å². The second-order valence-electron chi connectivity index (χ2n) is 7.03. The van der Waals surface area contributed by atoms with E-state index in [0.29, 0.717) is 12.2 Å². The lowest BCUT2D eigenvalue weighted by molar-refractivity contribution is 0.0947. The Morgan fingerprint density at radius 3 is 2.96 bits per heavy atom. The Labute approximate surface area is 148 Å². The Kier molecular flexibility index (Phi) is 4.16. The number of nitrogens with zero attached hydrogens (tertiary/aromatic N) is 2. The Bertz CT molecular complexity index is 848. The maximum absolute atomic E-state index is 12.5. The van der Waals surface area contributed by atoms with Crippen molar-refractivity contribution in [2.75, 3.05) is 6.54 Å². The average Bonchev–Trinajstić information content (AvgIpc) is 3.18. The van der Waals surface area contributed by atoms with Crippen LogP contribution in [0.5, 0.6) is 0 Å². The molecule has 0 saturated heterocycles. The first-order valence-corrected chi connectivity index (χ1v) is 9.36. The molecule has 6 heteroatoms. The maximum atomic E-state index is 12.5. The van der Waals surface area contributed by atoms with E-state index in [1.165, 1.54) is 36.3 Å². The molecule has 1 amide bonds. The quantitative estimate of drug-likeness (QED) is 0.873. The zero-order chi connectivity index (χ0) is 16.7. The molecule has 24 heavy (non-hydrogen) atoms. The third kappa shape index (κ3) is 2.88. The summed E-state index contributed by atoms with van der Waals surface area (Å²) < 4.78 is 2.17. The molecular weight excluding hydrogens is 370 g/mol. The summed E-state index contributed by atoms with van der Waals surface area (Å²) in [5.41, 5.74) is 0.291. The molecule has 2 aromatic rings. The van der Waals surface area contributed by atoms with Crippen molar-refractivity contribution in [3.8, 4) is 0 Å². The van der Waals surface area contributed by atoms with Gasteiger partial charge in [0.25, 0.3) is 11.5 Å². The van der Waals surface area contributed by atoms with Gasteiger partial charge in [0.2, 0.25) is 0 Å². The highest BCUT2D eigenvalue weighted by molar-refractivity contribution is 9.10. The molecule has 2 aliphatic rings. The summed E-state index contributed by atoms with van der Waals surface area (Å²) in [6.07, 6.45) is 9.46. The normalized spacial score (nSPS) is 25.3. The second kappa shape index (κ2) is 6.31. The Morgan fingerprint density at radius 1 is 1.33 bits per heavy atom. The molecule has 3 atom stereocenters. The SMILES string of the molecule is O=C(NCC[C@@H]1C[C@H]2CC[C@H]1C2)c1cnc2ccc(Br)cn2c1=O. The van der Waals surface area contributed by atoms with Gasteiger partial charge in [-0.05, 0) is 71.5 Å². The molecule has 5 nitrogen and oxygen atoms in total. The first-order chi connectivity index (χ1) is 11.6. The highest BCUT2D eigenvalue weighted by Gasteiger charge is 2.38. The summed E-state index contributed by atoms with van der Waals surface area (Å²) in [5.74, 6) is 2.20. The van der Waals surface area contributed by atoms with Gasteiger partial charge in [-0.3, -0.25) is 14.0 Å². The van der Waals surface area contributed by atoms with Crippen LogP contribution in [0.2, 0.25) is 0 Å². The van der Waals surface area contributed by atoms with Gasteiger partial charge in [0.1, 0.15) is 11.2 Å². The lowest BCUT2D eigenvalue weighted by Gasteiger charge is -2.21. The van der Waals surface area contributed by atoms with Crippen LogP contribution in [0.4, 0.5) is 0 Å². The van der Waals surface area contributed by atoms with Gasteiger partial charge in [-0.1, -0.05) is 6.42 Å². The summed E-state index contributed by atoms with van der Waals surface area (Å²) in [6, 6.07) is 3.55. The number of hydrogen-bond donors (Lipinski definition) is 1. The second-order valence-corrected chi connectivity index (χ2v) is 7.95. The molecule has 4 rings (SSSR count). The minimum atomic E-state index is -0.335. The first-order valence-electron chi connectivity index (χ1n) is 8.57. The number of rotatable bonds is 4. The Morgan fingerprint density at radius 2 is 2.21 bits per heavy atom. The largest absolute Gasteiger partial charge is 0.352 e. The number of nitrogens with one attached hydrogen (secondary N) is 1. The smallest absolute Gasteiger partial charge is 0.270 e. The van der Waals surface area contributed by atoms with Gasteiger partial charge in [-0.25, -0.2) is 4.98 Å². The van der Waals surface area contributed by atoms with E-state index in [0.717, 1.165) is 28.6 Å². The molecule has 0 aliphatic heterocycles. The molecule has 2 aromatic heterocycles. The van der Waals surface area contributed by atoms with Crippen LogP contribution in [0, 0.1) is 17.8 Å². The molecule has 0 spiro atoms. The van der Waals surface area contributed by atoms with Gasteiger partial charge in [-0.2, -0.15) is 0 Å². The lowest BCUT2D eigenvalue weighted by Crippen LogP contribution is -2.33. The minimum absolute atomic E-state index is 0.0959. The number of hydrogen-bond acceptors (Lipinski definition) is 3. The predicted octanol–water partition coefficient (Wildman–Crippen LogP) is 3.01. The van der Waals surface area contributed by atoms with Crippen molar-refractivity contribution < 1.29 is 4.79 Å². The van der Waals surface area contributed by atoms with Crippen molar-refractivity contribution in [2.24, 2.45) is 17.8 Å². The van der Waals surface area contributed by atoms with Gasteiger partial charge in [-0.15, -0.1) is 0 Å². The zero-order valence-corrected chi connectivity index (χ0v) is 15.0. The van der Waals surface area contributed by atoms with E-state index in [4.69, 9.17) is 0 Å². The summed E-state index contributed by atoms with van der Waals surface area (Å²) in [4.78, 5) is 29.0. The number of fused-ring (bicyclic) bond motifs is 3. The summed E-state index contributed by atoms with van der Waals surface area (Å²) in [7, 11) is 0. The first kappa shape index (κ1) is 15.8. The number of carbonyl (C=O) groups is 1. The summed E-state index contributed by atoms with van der Waals surface area (Å²) in [6.45, 7) is 0.632. The zero-order valence-electron chi connectivity index (χ0n) is 13.4. The van der Waals surface area contributed by atoms with Crippen LogP contribution >= 0.6 is 15.9 Å². The van der Waals surface area contributed by atoms with Crippen molar-refractivity contribution >= 4 is 27.5 Å². The van der Waals surface area contributed by atoms with E-state index in [1.807, 2.05) is 6.07 Å². The van der Waals surface area contributed by atoms with E-state index >= 15 is 0 Å². The molecular formula is C18H20BrN3O2. The summed E-state index contributed by atoms with van der Waals surface area (Å²) in [5, 5.41) is 2.90. The maximum Gasteiger partial charge on any atom is 0.270 e. The van der Waals surface area contributed by atoms with E-state index in [-0.39, 0.29) is 17.0 Å². The number of aromatic nitrogens is 2. The van der Waals surface area contributed by atoms with Crippen LogP contribution in [-0.2, 0) is 0 Å². The van der Waals surface area contributed by atoms with Gasteiger partial charge in [0.15, 0.2) is 0 Å². The predicted molar refractivity (Wildman–Crippen MR) is 95.1 cm³/mol. The van der Waals surface area contributed by atoms with E-state index in [1.54, 1.807) is 12.3 Å². The standard InChI is InChI=1S/C18H20BrN3O2/c19-14-3-4-16-21-9-15(18(24)22(16)10-14)17(23)20-6-5-13-8-11-1-2-12(13)7-11/h3-4,9-13H,1-2,5-8H2,(H,20,23)/t11-,12-,13+/m0/s1. The van der Waals surface area contributed by atoms with Gasteiger partial charge in [0.05, 0.1) is 0 Å². The number of amides is 1. The van der Waals surface area contributed by atoms with Crippen LogP contribution in [0.25, 0.3) is 5.65 Å². The topological polar surface area (TPSA) is 63.5 Å². The van der Waals surface area contributed by atoms with E-state index < -0.39 is 0 Å². The Balaban J connectivity index is 1.43. The fourth-order valence-electron chi connectivity index (χ4n) is 4.40. The third-order valence-corrected chi connectivity index (χ3v) is 6.06. The van der Waals surface area contributed by atoms with Crippen LogP contribution in [0.3, 0.4) is 0 Å². The molecule has 0 aromatic carbocycles. The minimum Gasteiger partial charge on any atom is -0.352 e. The molecule has 2 aliphatic carbocycles. The van der Waals surface area contributed by atoms with Crippen molar-refractivity contribution in [1.82, 2.24) is 14.7 Å². The molecule has 2 bridgehead atoms. The fourth-order valence-corrected chi connectivity index (χ4v) is 4.74. The van der Waals surface area contributed by atoms with Crippen molar-refractivity contribution in [1.29, 1.82) is 0 Å². The number of halogens is 1. The van der Waals surface area contributed by atoms with Gasteiger partial charge < -0.3 is 5.32 Å². The van der Waals surface area contributed by atoms with Crippen LogP contribution in [0.15, 0.2) is 33.8 Å². The van der Waals surface area contributed by atoms with Crippen molar-refractivity contribution in [3.05, 3.63) is 44.9 Å². The van der Waals surface area contributed by atoms with Crippen molar-refractivity contribution in [3.63, 3.8) is 0 Å². The van der Waals surface area contributed by atoms with Gasteiger partial charge >= 0.3 is 0 Å². The average molecular weight is 390 g/mol. The highest BCUT2D eigenvalue weighted by atomic mass is 79.9. The van der Waals surface area contributed by atoms with Crippen LogP contribution < -0.4 is 10.9 Å². The fraction of sp³-hybridized carbons (Fsp3) is 0.500. The molecule has 0 unspecified atom stereocenters. The molecule has 2 heterocycles. The summed E-state index contributed by atoms with van der Waals surface area (Å²) >= 11 is 3.34. The monoisotopic (exact) mass is 389 g/mol. The van der Waals surface area contributed by atoms with E-state index in [9.17, 15) is 9.59 Å². The van der Waals surface area contributed by atoms with Crippen LogP contribution in [-0.4, -0.2) is 21.8 Å². The third-order valence-electron chi connectivity index (χ3n) is 5.60. The highest BCUT2D eigenvalue weighted by Crippen LogP contribution is 2.49. The van der Waals surface area contributed by atoms with Crippen LogP contribution in [0.1, 0.15) is 42.5 Å². The number of pyridine rings is 1. The number of carbonyl (C=O) groups excluding carboxylic acids is 1. The molecule has 2 fully saturated rings. The molecule has 0 radical (unpaired) electrons. The Hall–Kier alpha value is -1.69. The lowest BCUT2D eigenvalue weighted by atomic mass is 9.86. The molecule has 126 valence electrons. The van der Waals surface area contributed by atoms with E-state index in [2.05, 4.69) is 26.2 Å². The molecule has 1 N–H and O–H groups in total. The molecule has 2 saturated carbocycles. The van der Waals surface area contributed by atoms with Gasteiger partial charge in [0, 0.05) is 23.4 Å².